The van der Waals surface area contributed by atoms with Gasteiger partial charge in [0.15, 0.2) is 0 Å². The second kappa shape index (κ2) is 4.42. The normalized spacial score (nSPS) is 14.0. The van der Waals surface area contributed by atoms with Gasteiger partial charge in [-0.15, -0.1) is 12.4 Å². The van der Waals surface area contributed by atoms with Crippen LogP contribution >= 0.6 is 23.1 Å². The van der Waals surface area contributed by atoms with Crippen LogP contribution in [0, 0.1) is 0 Å². The van der Waals surface area contributed by atoms with Crippen LogP contribution in [0.3, 0.4) is 0 Å². The van der Waals surface area contributed by atoms with E-state index in [0.29, 0.717) is 0 Å². The largest absolute Gasteiger partial charge is 0.749 e. The van der Waals surface area contributed by atoms with Crippen LogP contribution < -0.4 is 0 Å². The zero-order chi connectivity index (χ0) is 6.78. The van der Waals surface area contributed by atoms with Crippen LogP contribution in [0.2, 0.25) is 0 Å². The molecule has 9 heteroatoms. The standard InChI is InChI=1S/ClHO5S2.ClH/c1-8(4,5)6-7(2)3;/h(H,2,3);1H/p-1. The first-order valence-electron chi connectivity index (χ1n) is 1.15. The Bertz CT molecular complexity index is 179. The van der Waals surface area contributed by atoms with Gasteiger partial charge in [-0.3, -0.25) is 0 Å². The molecule has 5 nitrogen and oxygen atoms in total. The van der Waals surface area contributed by atoms with Crippen molar-refractivity contribution in [2.24, 2.45) is 0 Å². The lowest BCUT2D eigenvalue weighted by molar-refractivity contribution is 0.437. The summed E-state index contributed by atoms with van der Waals surface area (Å²) in [5.74, 6) is 0. The fourth-order valence-electron chi connectivity index (χ4n) is 0.0664. The Kier molecular flexibility index (Phi) is 6.04. The molecule has 0 heterocycles. The van der Waals surface area contributed by atoms with Crippen LogP contribution in [0.15, 0.2) is 0 Å². The lowest BCUT2D eigenvalue weighted by Gasteiger charge is -1.97. The third-order valence-corrected chi connectivity index (χ3v) is 1.69. The van der Waals surface area contributed by atoms with Crippen LogP contribution in [0.4, 0.5) is 0 Å². The summed E-state index contributed by atoms with van der Waals surface area (Å²) in [6.45, 7) is 0. The molecular formula is HCl2O5S2-. The summed E-state index contributed by atoms with van der Waals surface area (Å²) in [6.07, 6.45) is 0. The maximum Gasteiger partial charge on any atom is 0.367 e. The minimum Gasteiger partial charge on any atom is -0.749 e. The van der Waals surface area contributed by atoms with Crippen molar-refractivity contribution in [2.45, 2.75) is 0 Å². The molecule has 0 amide bonds. The van der Waals surface area contributed by atoms with Crippen molar-refractivity contribution in [1.29, 1.82) is 0 Å². The summed E-state index contributed by atoms with van der Waals surface area (Å²) >= 11 is -3.10. The van der Waals surface area contributed by atoms with E-state index in [2.05, 4.69) is 14.3 Å². The third kappa shape index (κ3) is 11.9. The van der Waals surface area contributed by atoms with E-state index in [1.165, 1.54) is 0 Å². The van der Waals surface area contributed by atoms with Crippen LogP contribution in [0.1, 0.15) is 0 Å². The van der Waals surface area contributed by atoms with E-state index in [1.807, 2.05) is 0 Å². The molecule has 0 aromatic carbocycles. The molecule has 0 fully saturated rings. The molecule has 0 radical (unpaired) electrons. The molecule has 0 rings (SSSR count). The molecule has 0 aliphatic carbocycles. The molecule has 0 saturated heterocycles. The molecule has 1 atom stereocenters. The van der Waals surface area contributed by atoms with Crippen molar-refractivity contribution in [3.63, 3.8) is 0 Å². The van der Waals surface area contributed by atoms with Crippen molar-refractivity contribution >= 4 is 43.8 Å². The minimum atomic E-state index is -4.36. The molecule has 0 bridgehead atoms. The fraction of sp³-hybridized carbons (Fsp3) is 0. The summed E-state index contributed by atoms with van der Waals surface area (Å²) in [7, 11) is -0.0787. The molecule has 58 valence electrons. The van der Waals surface area contributed by atoms with Crippen molar-refractivity contribution in [3.05, 3.63) is 0 Å². The molecule has 0 saturated carbocycles. The van der Waals surface area contributed by atoms with Crippen LogP contribution in [-0.4, -0.2) is 17.2 Å². The van der Waals surface area contributed by atoms with Crippen molar-refractivity contribution < 1.29 is 20.8 Å². The van der Waals surface area contributed by atoms with E-state index in [9.17, 15) is 17.2 Å². The first-order chi connectivity index (χ1) is 3.42. The topological polar surface area (TPSA) is 83.5 Å². The fourth-order valence-corrected chi connectivity index (χ4v) is 0.975. The highest BCUT2D eigenvalue weighted by Crippen LogP contribution is 1.98. The molecule has 0 aliphatic heterocycles. The summed E-state index contributed by atoms with van der Waals surface area (Å²) in [5, 5.41) is 0. The first-order valence-corrected chi connectivity index (χ1v) is 4.39. The zero-order valence-corrected chi connectivity index (χ0v) is 6.85. The second-order valence-electron chi connectivity index (χ2n) is 0.665. The molecule has 0 aromatic rings. The Morgan fingerprint density at radius 1 is 1.56 bits per heavy atom. The Balaban J connectivity index is 0. The molecule has 1 unspecified atom stereocenters. The molecule has 0 aliphatic rings. The number of rotatable bonds is 2. The average Bonchev–Trinajstić information content (AvgIpc) is 1.21. The van der Waals surface area contributed by atoms with Crippen LogP contribution in [0.25, 0.3) is 0 Å². The maximum absolute atomic E-state index is 9.59. The number of hydrogen-bond acceptors (Lipinski definition) is 5. The SMILES string of the molecule is Cl.O=S([O-])OS(=O)(=O)Cl. The van der Waals surface area contributed by atoms with Crippen molar-refractivity contribution in [3.8, 4) is 0 Å². The van der Waals surface area contributed by atoms with Gasteiger partial charge in [-0.05, 0) is 0 Å². The van der Waals surface area contributed by atoms with Gasteiger partial charge >= 0.3 is 9.33 Å². The van der Waals surface area contributed by atoms with Gasteiger partial charge in [-0.1, -0.05) is 0 Å². The second-order valence-corrected chi connectivity index (χ2v) is 3.54. The van der Waals surface area contributed by atoms with Gasteiger partial charge in [-0.2, -0.15) is 12.0 Å². The van der Waals surface area contributed by atoms with Gasteiger partial charge in [0.2, 0.25) is 0 Å². The highest BCUT2D eigenvalue weighted by atomic mass is 35.7. The Morgan fingerprint density at radius 3 is 1.89 bits per heavy atom. The predicted molar refractivity (Wildman–Crippen MR) is 32.0 cm³/mol. The van der Waals surface area contributed by atoms with Gasteiger partial charge in [0.1, 0.15) is 11.4 Å². The van der Waals surface area contributed by atoms with Gasteiger partial charge in [0.05, 0.1) is 10.7 Å². The molecular weight excluding hydrogens is 215 g/mol. The average molecular weight is 216 g/mol. The zero-order valence-electron chi connectivity index (χ0n) is 3.64. The molecule has 0 spiro atoms. The highest BCUT2D eigenvalue weighted by Gasteiger charge is 2.02. The maximum atomic E-state index is 9.59. The third-order valence-electron chi connectivity index (χ3n) is 0.137. The van der Waals surface area contributed by atoms with E-state index in [1.54, 1.807) is 0 Å². The molecule has 0 aromatic heterocycles. The Morgan fingerprint density at radius 2 is 1.89 bits per heavy atom. The molecule has 0 N–H and O–H groups in total. The van der Waals surface area contributed by atoms with Gasteiger partial charge in [0, 0.05) is 0 Å². The summed E-state index contributed by atoms with van der Waals surface area (Å²) < 4.78 is 40.9. The van der Waals surface area contributed by atoms with Crippen molar-refractivity contribution in [2.75, 3.05) is 0 Å². The Labute approximate surface area is 64.9 Å². The molecule has 9 heavy (non-hydrogen) atoms. The van der Waals surface area contributed by atoms with E-state index in [-0.39, 0.29) is 12.4 Å². The Hall–Kier alpha value is 0.600. The van der Waals surface area contributed by atoms with Gasteiger partial charge in [0.25, 0.3) is 0 Å². The minimum absolute atomic E-state index is 0. The predicted octanol–water partition coefficient (Wildman–Crippen LogP) is -0.297. The highest BCUT2D eigenvalue weighted by molar-refractivity contribution is 8.13. The lowest BCUT2D eigenvalue weighted by atomic mass is 15.8. The number of hydrogen-bond donors (Lipinski definition) is 0. The monoisotopic (exact) mass is 215 g/mol. The first kappa shape index (κ1) is 12.3. The van der Waals surface area contributed by atoms with Gasteiger partial charge in [-0.25, -0.2) is 4.21 Å². The van der Waals surface area contributed by atoms with E-state index < -0.39 is 20.7 Å². The lowest BCUT2D eigenvalue weighted by Crippen LogP contribution is -1.99. The quantitative estimate of drug-likeness (QED) is 0.467. The van der Waals surface area contributed by atoms with E-state index in [4.69, 9.17) is 0 Å². The van der Waals surface area contributed by atoms with E-state index in [0.717, 1.165) is 0 Å². The van der Waals surface area contributed by atoms with Gasteiger partial charge < -0.3 is 4.55 Å². The summed E-state index contributed by atoms with van der Waals surface area (Å²) in [4.78, 5) is 0. The van der Waals surface area contributed by atoms with Crippen LogP contribution in [-0.2, 0) is 24.3 Å². The van der Waals surface area contributed by atoms with Crippen molar-refractivity contribution in [1.82, 2.24) is 0 Å². The van der Waals surface area contributed by atoms with Crippen LogP contribution in [0.5, 0.6) is 0 Å². The smallest absolute Gasteiger partial charge is 0.367 e. The summed E-state index contributed by atoms with van der Waals surface area (Å²) in [6, 6.07) is 0. The van der Waals surface area contributed by atoms with E-state index >= 15 is 0 Å². The summed E-state index contributed by atoms with van der Waals surface area (Å²) in [5.41, 5.74) is 0. The number of halogens is 2.